The third-order valence-electron chi connectivity index (χ3n) is 13.9. The van der Waals surface area contributed by atoms with Crippen LogP contribution in [0, 0.1) is 17.8 Å². The first-order valence-electron chi connectivity index (χ1n) is 24.6. The number of esters is 1. The Hall–Kier alpha value is -4.24. The lowest BCUT2D eigenvalue weighted by Gasteiger charge is -2.47. The van der Waals surface area contributed by atoms with E-state index in [2.05, 4.69) is 27.9 Å². The fourth-order valence-corrected chi connectivity index (χ4v) is 10.3. The number of likely N-dealkylation sites (N-methyl/N-ethyl adjacent to an activating group) is 2. The number of benzene rings is 1. The van der Waals surface area contributed by atoms with Crippen LogP contribution in [0.15, 0.2) is 30.5 Å². The SMILES string of the molecule is CC[C@H]1OC(=O)[C@H](C)C(=O)[C@H](C)[C@@H](O[C@@H]2O[C@H](CN(C)C)CC(N(C)C)C2O)[C@](C)(OC)C[C@@H](C)CN[C@H](C)[C@H]2N(CCCCn3cc(-c4cccc(NC(=O)OC(C)(C)C)c4)nn3)C(=O)O[C@]12C. The van der Waals surface area contributed by atoms with E-state index in [4.69, 9.17) is 28.4 Å². The van der Waals surface area contributed by atoms with E-state index in [-0.39, 0.29) is 24.1 Å². The summed E-state index contributed by atoms with van der Waals surface area (Å²) in [4.78, 5) is 60.8. The number of rotatable bonds is 14. The van der Waals surface area contributed by atoms with E-state index in [1.165, 1.54) is 6.92 Å². The van der Waals surface area contributed by atoms with Crippen molar-refractivity contribution in [1.82, 2.24) is 35.0 Å². The Balaban J connectivity index is 1.34. The van der Waals surface area contributed by atoms with Crippen molar-refractivity contribution in [2.24, 2.45) is 17.8 Å². The second kappa shape index (κ2) is 23.3. The van der Waals surface area contributed by atoms with Crippen LogP contribution in [0.4, 0.5) is 15.3 Å². The highest BCUT2D eigenvalue weighted by Crippen LogP contribution is 2.40. The van der Waals surface area contributed by atoms with Crippen LogP contribution in [0.1, 0.15) is 101 Å². The number of nitrogens with zero attached hydrogens (tertiary/aromatic N) is 6. The number of anilines is 1. The number of hydrogen-bond acceptors (Lipinski definition) is 16. The number of Topliss-reactive ketones (excluding diaryl/α,β-unsaturated/α-hetero) is 1. The molecule has 13 atom stereocenters. The molecule has 388 valence electrons. The molecule has 3 aliphatic heterocycles. The predicted octanol–water partition coefficient (Wildman–Crippen LogP) is 5.59. The third-order valence-corrected chi connectivity index (χ3v) is 13.9. The molecule has 2 unspecified atom stereocenters. The Labute approximate surface area is 409 Å². The normalized spacial score (nSPS) is 33.1. The molecule has 3 N–H and O–H groups in total. The zero-order valence-electron chi connectivity index (χ0n) is 43.8. The second-order valence-electron chi connectivity index (χ2n) is 21.4. The van der Waals surface area contributed by atoms with Crippen LogP contribution in [0.2, 0.25) is 0 Å². The van der Waals surface area contributed by atoms with Gasteiger partial charge in [-0.3, -0.25) is 24.5 Å². The number of aryl methyl sites for hydroxylation is 1. The van der Waals surface area contributed by atoms with E-state index in [0.717, 1.165) is 5.56 Å². The minimum Gasteiger partial charge on any atom is -0.458 e. The van der Waals surface area contributed by atoms with E-state index in [1.54, 1.807) is 56.5 Å². The Kier molecular flexibility index (Phi) is 18.8. The molecule has 5 rings (SSSR count). The number of methoxy groups -OCH3 is 1. The molecular weight excluding hydrogens is 889 g/mol. The summed E-state index contributed by atoms with van der Waals surface area (Å²) in [5.74, 6) is -3.29. The molecule has 0 aliphatic carbocycles. The smallest absolute Gasteiger partial charge is 0.412 e. The first-order chi connectivity index (χ1) is 32.3. The maximum atomic E-state index is 14.6. The van der Waals surface area contributed by atoms with Crippen molar-refractivity contribution in [3.8, 4) is 11.3 Å². The van der Waals surface area contributed by atoms with Gasteiger partial charge in [0.15, 0.2) is 17.7 Å². The molecule has 0 spiro atoms. The van der Waals surface area contributed by atoms with Crippen molar-refractivity contribution in [1.29, 1.82) is 0 Å². The standard InChI is InChI=1S/C50H82N8O11/c1-16-39-50(10)42(58(47(63)69-50)23-18-17-22-57-29-37(53-54-57)34-20-19-21-35(24-34)52-46(62)68-48(6,7)8)33(5)51-27-30(2)26-49(9,64-15)43(31(3)40(59)32(4)44(61)66-39)67-45-41(60)38(56(13)14)25-36(65-45)28-55(11)12/h19-21,24,29-33,36,38-39,41-43,45,51,60H,16-18,22-23,25-28H2,1-15H3,(H,52,62)/t30-,31+,32-,33-,36+,38?,39-,41?,42-,43-,45+,49-,50-/m1/s1. The lowest BCUT2D eigenvalue weighted by Crippen LogP contribution is -2.61. The minimum absolute atomic E-state index is 0.0459. The van der Waals surface area contributed by atoms with Crippen LogP contribution in [0.3, 0.4) is 0 Å². The molecule has 3 saturated heterocycles. The highest BCUT2D eigenvalue weighted by Gasteiger charge is 2.59. The lowest BCUT2D eigenvalue weighted by atomic mass is 9.78. The fraction of sp³-hybridized carbons (Fsp3) is 0.760. The van der Waals surface area contributed by atoms with Gasteiger partial charge in [-0.15, -0.1) is 5.10 Å². The number of aromatic nitrogens is 3. The van der Waals surface area contributed by atoms with E-state index < -0.39 is 83.2 Å². The molecule has 3 aliphatic rings. The summed E-state index contributed by atoms with van der Waals surface area (Å²) in [6.45, 7) is 20.3. The Bertz CT molecular complexity index is 2050. The van der Waals surface area contributed by atoms with Crippen molar-refractivity contribution >= 4 is 29.6 Å². The molecule has 19 nitrogen and oxygen atoms in total. The number of hydrogen-bond donors (Lipinski definition) is 3. The second-order valence-corrected chi connectivity index (χ2v) is 21.4. The summed E-state index contributed by atoms with van der Waals surface area (Å²) in [7, 11) is 9.33. The van der Waals surface area contributed by atoms with Gasteiger partial charge in [0.1, 0.15) is 29.4 Å². The summed E-state index contributed by atoms with van der Waals surface area (Å²) >= 11 is 0. The molecule has 2 amide bonds. The first-order valence-corrected chi connectivity index (χ1v) is 24.6. The first kappa shape index (κ1) is 55.7. The van der Waals surface area contributed by atoms with Crippen molar-refractivity contribution < 1.29 is 52.7 Å². The summed E-state index contributed by atoms with van der Waals surface area (Å²) in [6.07, 6.45) is -0.805. The van der Waals surface area contributed by atoms with Crippen molar-refractivity contribution in [2.45, 2.75) is 174 Å². The molecule has 4 heterocycles. The van der Waals surface area contributed by atoms with Gasteiger partial charge in [0.2, 0.25) is 0 Å². The molecule has 3 fully saturated rings. The van der Waals surface area contributed by atoms with E-state index >= 15 is 0 Å². The molecule has 0 bridgehead atoms. The topological polar surface area (TPSA) is 208 Å². The number of ketones is 1. The quantitative estimate of drug-likeness (QED) is 0.0913. The van der Waals surface area contributed by atoms with E-state index in [9.17, 15) is 24.3 Å². The zero-order valence-corrected chi connectivity index (χ0v) is 43.8. The molecular formula is C50H82N8O11. The van der Waals surface area contributed by atoms with Crippen molar-refractivity contribution in [2.75, 3.05) is 60.3 Å². The van der Waals surface area contributed by atoms with Crippen LogP contribution in [-0.4, -0.2) is 179 Å². The number of aliphatic hydroxyl groups is 1. The number of ether oxygens (including phenoxy) is 6. The van der Waals surface area contributed by atoms with Crippen LogP contribution >= 0.6 is 0 Å². The number of carbonyl (C=O) groups excluding carboxylic acids is 4. The molecule has 19 heteroatoms. The monoisotopic (exact) mass is 971 g/mol. The van der Waals surface area contributed by atoms with Gasteiger partial charge in [-0.1, -0.05) is 38.1 Å². The maximum absolute atomic E-state index is 14.6. The van der Waals surface area contributed by atoms with Crippen LogP contribution in [0.5, 0.6) is 0 Å². The third kappa shape index (κ3) is 13.8. The number of unbranched alkanes of at least 4 members (excludes halogenated alkanes) is 1. The average Bonchev–Trinajstić information content (AvgIpc) is 3.85. The van der Waals surface area contributed by atoms with Crippen LogP contribution < -0.4 is 10.6 Å². The van der Waals surface area contributed by atoms with E-state index in [0.29, 0.717) is 69.7 Å². The van der Waals surface area contributed by atoms with Gasteiger partial charge in [-0.05, 0) is 133 Å². The number of amides is 2. The highest BCUT2D eigenvalue weighted by molar-refractivity contribution is 6.00. The highest BCUT2D eigenvalue weighted by atomic mass is 16.7. The zero-order chi connectivity index (χ0) is 51.2. The van der Waals surface area contributed by atoms with Crippen LogP contribution in [-0.2, 0) is 44.6 Å². The Morgan fingerprint density at radius 2 is 1.75 bits per heavy atom. The molecule has 69 heavy (non-hydrogen) atoms. The van der Waals surface area contributed by atoms with Crippen molar-refractivity contribution in [3.63, 3.8) is 0 Å². The lowest BCUT2D eigenvalue weighted by molar-refractivity contribution is -0.298. The van der Waals surface area contributed by atoms with Gasteiger partial charge >= 0.3 is 18.2 Å². The van der Waals surface area contributed by atoms with Gasteiger partial charge in [0.25, 0.3) is 0 Å². The summed E-state index contributed by atoms with van der Waals surface area (Å²) < 4.78 is 39.2. The Morgan fingerprint density at radius 1 is 1.06 bits per heavy atom. The molecule has 1 aromatic heterocycles. The summed E-state index contributed by atoms with van der Waals surface area (Å²) in [5.41, 5.74) is -1.01. The largest absolute Gasteiger partial charge is 0.458 e. The van der Waals surface area contributed by atoms with Gasteiger partial charge in [-0.25, -0.2) is 9.59 Å². The molecule has 0 radical (unpaired) electrons. The fourth-order valence-electron chi connectivity index (χ4n) is 10.3. The van der Waals surface area contributed by atoms with Gasteiger partial charge in [0.05, 0.1) is 30.0 Å². The van der Waals surface area contributed by atoms with Gasteiger partial charge < -0.3 is 48.6 Å². The summed E-state index contributed by atoms with van der Waals surface area (Å²) in [5, 5.41) is 26.9. The maximum Gasteiger partial charge on any atom is 0.412 e. The van der Waals surface area contributed by atoms with Gasteiger partial charge in [-0.2, -0.15) is 0 Å². The number of aliphatic hydroxyl groups excluding tert-OH is 1. The molecule has 1 aromatic carbocycles. The average molecular weight is 971 g/mol. The Morgan fingerprint density at radius 3 is 2.39 bits per heavy atom. The van der Waals surface area contributed by atoms with Gasteiger partial charge in [0, 0.05) is 56.0 Å². The number of cyclic esters (lactones) is 1. The minimum atomic E-state index is -1.27. The number of nitrogens with one attached hydrogen (secondary N) is 2. The van der Waals surface area contributed by atoms with E-state index in [1.807, 2.05) is 84.0 Å². The number of fused-ring (bicyclic) bond motifs is 1. The number of carbonyl (C=O) groups is 4. The molecule has 2 aromatic rings. The van der Waals surface area contributed by atoms with Crippen LogP contribution in [0.25, 0.3) is 11.3 Å². The van der Waals surface area contributed by atoms with Crippen molar-refractivity contribution in [3.05, 3.63) is 30.5 Å². The predicted molar refractivity (Wildman–Crippen MR) is 260 cm³/mol. The summed E-state index contributed by atoms with van der Waals surface area (Å²) in [6, 6.07) is 6.12. The molecule has 0 saturated carbocycles.